The van der Waals surface area contributed by atoms with Gasteiger partial charge in [0.15, 0.2) is 0 Å². The summed E-state index contributed by atoms with van der Waals surface area (Å²) in [6, 6.07) is 4.58. The average Bonchev–Trinajstić information content (AvgIpc) is 2.94. The monoisotopic (exact) mass is 273 g/mol. The topological polar surface area (TPSA) is 43.9 Å². The van der Waals surface area contributed by atoms with E-state index in [2.05, 4.69) is 30.9 Å². The van der Waals surface area contributed by atoms with Crippen LogP contribution in [0.2, 0.25) is 0 Å². The lowest BCUT2D eigenvalue weighted by Crippen LogP contribution is -2.13. The molecule has 104 valence electrons. The summed E-state index contributed by atoms with van der Waals surface area (Å²) < 4.78 is 20.4. The second kappa shape index (κ2) is 4.16. The minimum Gasteiger partial charge on any atom is -0.364 e. The van der Waals surface area contributed by atoms with Crippen LogP contribution in [-0.4, -0.2) is 14.7 Å². The third-order valence-electron chi connectivity index (χ3n) is 3.36. The fourth-order valence-corrected chi connectivity index (χ4v) is 2.34. The minimum absolute atomic E-state index is 0.147. The molecule has 2 heterocycles. The van der Waals surface area contributed by atoms with Gasteiger partial charge in [0.1, 0.15) is 17.9 Å². The van der Waals surface area contributed by atoms with Gasteiger partial charge in [0.25, 0.3) is 0 Å². The molecular weight excluding hydrogens is 257 g/mol. The summed E-state index contributed by atoms with van der Waals surface area (Å²) in [5.74, 6) is 0.463. The van der Waals surface area contributed by atoms with Crippen molar-refractivity contribution in [3.05, 3.63) is 36.0 Å². The molecule has 0 bridgehead atoms. The van der Waals surface area contributed by atoms with Crippen LogP contribution in [0.5, 0.6) is 0 Å². The van der Waals surface area contributed by atoms with Crippen LogP contribution in [0.15, 0.2) is 29.0 Å². The highest BCUT2D eigenvalue weighted by atomic mass is 19.1. The number of benzene rings is 1. The number of fused-ring (bicyclic) bond motifs is 1. The first kappa shape index (κ1) is 12.8. The normalized spacial score (nSPS) is 12.2. The van der Waals surface area contributed by atoms with Gasteiger partial charge in [-0.1, -0.05) is 25.9 Å². The zero-order chi connectivity index (χ0) is 14.5. The van der Waals surface area contributed by atoms with E-state index in [-0.39, 0.29) is 11.2 Å². The number of aromatic nitrogens is 3. The summed E-state index contributed by atoms with van der Waals surface area (Å²) in [5.41, 5.74) is 3.05. The van der Waals surface area contributed by atoms with E-state index in [0.717, 1.165) is 28.1 Å². The van der Waals surface area contributed by atoms with E-state index in [1.165, 1.54) is 12.1 Å². The van der Waals surface area contributed by atoms with E-state index in [4.69, 9.17) is 4.52 Å². The fourth-order valence-electron chi connectivity index (χ4n) is 2.34. The SMILES string of the molecule is Cn1c(-c2conc2C(C)(C)C)nc2ccc(F)cc21. The van der Waals surface area contributed by atoms with Gasteiger partial charge >= 0.3 is 0 Å². The van der Waals surface area contributed by atoms with Crippen LogP contribution in [0.1, 0.15) is 26.5 Å². The van der Waals surface area contributed by atoms with E-state index in [9.17, 15) is 4.39 Å². The molecule has 20 heavy (non-hydrogen) atoms. The molecule has 1 aromatic carbocycles. The molecule has 0 aliphatic heterocycles. The van der Waals surface area contributed by atoms with E-state index in [1.807, 2.05) is 11.6 Å². The Hall–Kier alpha value is -2.17. The van der Waals surface area contributed by atoms with Crippen LogP contribution in [0.25, 0.3) is 22.4 Å². The van der Waals surface area contributed by atoms with E-state index < -0.39 is 0 Å². The van der Waals surface area contributed by atoms with Gasteiger partial charge < -0.3 is 9.09 Å². The van der Waals surface area contributed by atoms with Crippen molar-refractivity contribution in [2.24, 2.45) is 7.05 Å². The van der Waals surface area contributed by atoms with Gasteiger partial charge in [-0.05, 0) is 18.2 Å². The molecule has 0 saturated carbocycles. The third kappa shape index (κ3) is 1.90. The Morgan fingerprint density at radius 1 is 1.25 bits per heavy atom. The predicted octanol–water partition coefficient (Wildman–Crippen LogP) is 3.66. The molecule has 3 rings (SSSR count). The molecule has 0 aliphatic carbocycles. The van der Waals surface area contributed by atoms with Crippen LogP contribution >= 0.6 is 0 Å². The van der Waals surface area contributed by atoms with Crippen molar-refractivity contribution in [2.45, 2.75) is 26.2 Å². The summed E-state index contributed by atoms with van der Waals surface area (Å²) in [4.78, 5) is 4.57. The van der Waals surface area contributed by atoms with Gasteiger partial charge in [-0.25, -0.2) is 9.37 Å². The van der Waals surface area contributed by atoms with E-state index in [0.29, 0.717) is 0 Å². The molecule has 0 aliphatic rings. The Morgan fingerprint density at radius 2 is 2.00 bits per heavy atom. The van der Waals surface area contributed by atoms with E-state index in [1.54, 1.807) is 12.3 Å². The number of hydrogen-bond acceptors (Lipinski definition) is 3. The average molecular weight is 273 g/mol. The summed E-state index contributed by atoms with van der Waals surface area (Å²) >= 11 is 0. The number of rotatable bonds is 1. The van der Waals surface area contributed by atoms with Crippen LogP contribution in [0.3, 0.4) is 0 Å². The van der Waals surface area contributed by atoms with Gasteiger partial charge in [0.05, 0.1) is 22.3 Å². The highest BCUT2D eigenvalue weighted by Crippen LogP contribution is 2.32. The molecule has 0 amide bonds. The molecule has 0 radical (unpaired) electrons. The zero-order valence-corrected chi connectivity index (χ0v) is 11.9. The molecule has 0 unspecified atom stereocenters. The summed E-state index contributed by atoms with van der Waals surface area (Å²) in [6.07, 6.45) is 1.60. The first-order valence-electron chi connectivity index (χ1n) is 6.45. The van der Waals surface area contributed by atoms with Crippen LogP contribution < -0.4 is 0 Å². The molecular formula is C15H16FN3O. The first-order valence-corrected chi connectivity index (χ1v) is 6.45. The standard InChI is InChI=1S/C15H16FN3O/c1-15(2,3)13-10(8-20-18-13)14-17-11-6-5-9(16)7-12(11)19(14)4/h5-8H,1-4H3. The highest BCUT2D eigenvalue weighted by molar-refractivity contribution is 5.81. The number of aryl methyl sites for hydroxylation is 1. The largest absolute Gasteiger partial charge is 0.364 e. The number of hydrogen-bond donors (Lipinski definition) is 0. The highest BCUT2D eigenvalue weighted by Gasteiger charge is 2.25. The van der Waals surface area contributed by atoms with Gasteiger partial charge in [-0.15, -0.1) is 0 Å². The van der Waals surface area contributed by atoms with E-state index >= 15 is 0 Å². The molecule has 0 spiro atoms. The quantitative estimate of drug-likeness (QED) is 0.679. The van der Waals surface area contributed by atoms with Crippen molar-refractivity contribution in [2.75, 3.05) is 0 Å². The second-order valence-corrected chi connectivity index (χ2v) is 5.95. The van der Waals surface area contributed by atoms with Crippen molar-refractivity contribution in [3.8, 4) is 11.4 Å². The fraction of sp³-hybridized carbons (Fsp3) is 0.333. The Balaban J connectivity index is 2.26. The summed E-state index contributed by atoms with van der Waals surface area (Å²) in [5, 5.41) is 4.09. The Labute approximate surface area is 116 Å². The third-order valence-corrected chi connectivity index (χ3v) is 3.36. The number of nitrogens with zero attached hydrogens (tertiary/aromatic N) is 3. The second-order valence-electron chi connectivity index (χ2n) is 5.95. The summed E-state index contributed by atoms with van der Waals surface area (Å²) in [6.45, 7) is 6.20. The van der Waals surface area contributed by atoms with Crippen LogP contribution in [-0.2, 0) is 12.5 Å². The molecule has 0 fully saturated rings. The maximum Gasteiger partial charge on any atom is 0.146 e. The molecule has 0 atom stereocenters. The number of imidazole rings is 1. The lowest BCUT2D eigenvalue weighted by Gasteiger charge is -2.16. The van der Waals surface area contributed by atoms with Crippen molar-refractivity contribution in [1.29, 1.82) is 0 Å². The molecule has 2 aromatic heterocycles. The van der Waals surface area contributed by atoms with Gasteiger partial charge in [-0.3, -0.25) is 0 Å². The van der Waals surface area contributed by atoms with Gasteiger partial charge in [0, 0.05) is 12.5 Å². The van der Waals surface area contributed by atoms with Crippen molar-refractivity contribution in [1.82, 2.24) is 14.7 Å². The van der Waals surface area contributed by atoms with Gasteiger partial charge in [-0.2, -0.15) is 0 Å². The maximum atomic E-state index is 13.4. The van der Waals surface area contributed by atoms with Crippen LogP contribution in [0.4, 0.5) is 4.39 Å². The molecule has 0 saturated heterocycles. The van der Waals surface area contributed by atoms with Crippen LogP contribution in [0, 0.1) is 5.82 Å². The summed E-state index contributed by atoms with van der Waals surface area (Å²) in [7, 11) is 1.86. The Morgan fingerprint density at radius 3 is 2.70 bits per heavy atom. The minimum atomic E-state index is -0.270. The molecule has 4 nitrogen and oxygen atoms in total. The van der Waals surface area contributed by atoms with Crippen molar-refractivity contribution >= 4 is 11.0 Å². The first-order chi connectivity index (χ1) is 9.38. The smallest absolute Gasteiger partial charge is 0.146 e. The Kier molecular flexibility index (Phi) is 2.67. The Bertz CT molecular complexity index is 780. The maximum absolute atomic E-state index is 13.4. The molecule has 3 aromatic rings. The molecule has 0 N–H and O–H groups in total. The predicted molar refractivity (Wildman–Crippen MR) is 74.9 cm³/mol. The lowest BCUT2D eigenvalue weighted by atomic mass is 9.89. The zero-order valence-electron chi connectivity index (χ0n) is 11.9. The number of halogens is 1. The van der Waals surface area contributed by atoms with Gasteiger partial charge in [0.2, 0.25) is 0 Å². The lowest BCUT2D eigenvalue weighted by molar-refractivity contribution is 0.393. The van der Waals surface area contributed by atoms with Crippen molar-refractivity contribution < 1.29 is 8.91 Å². The van der Waals surface area contributed by atoms with Crippen molar-refractivity contribution in [3.63, 3.8) is 0 Å². The molecule has 5 heteroatoms.